The van der Waals surface area contributed by atoms with Gasteiger partial charge in [0, 0.05) is 0 Å². The van der Waals surface area contributed by atoms with Crippen molar-refractivity contribution in [2.24, 2.45) is 0 Å². The Hall–Kier alpha value is -0.400. The lowest BCUT2D eigenvalue weighted by atomic mass is 9.98. The normalized spacial score (nSPS) is 19.3. The molecule has 10 heteroatoms. The smallest absolute Gasteiger partial charge is 0.365 e. The van der Waals surface area contributed by atoms with Gasteiger partial charge in [-0.2, -0.15) is 4.89 Å². The van der Waals surface area contributed by atoms with Gasteiger partial charge in [-0.15, -0.1) is 0 Å². The molecule has 16 heavy (non-hydrogen) atoms. The molecule has 0 spiro atoms. The molecule has 0 aliphatic heterocycles. The van der Waals surface area contributed by atoms with Crippen molar-refractivity contribution in [1.29, 1.82) is 0 Å². The van der Waals surface area contributed by atoms with Crippen LogP contribution in [0.15, 0.2) is 0 Å². The summed E-state index contributed by atoms with van der Waals surface area (Å²) in [6, 6.07) is 0. The molecular weight excluding hydrogens is 232 g/mol. The van der Waals surface area contributed by atoms with E-state index in [1.807, 2.05) is 0 Å². The summed E-state index contributed by atoms with van der Waals surface area (Å²) in [6.07, 6.45) is -7.08. The van der Waals surface area contributed by atoms with Crippen molar-refractivity contribution in [3.8, 4) is 0 Å². The quantitative estimate of drug-likeness (QED) is 0.124. The van der Waals surface area contributed by atoms with Crippen molar-refractivity contribution in [3.05, 3.63) is 0 Å². The third kappa shape index (κ3) is 2.83. The zero-order valence-electron chi connectivity index (χ0n) is 7.87. The average Bonchev–Trinajstić information content (AvgIpc) is 2.25. The molecule has 3 unspecified atom stereocenters. The topological polar surface area (TPSA) is 191 Å². The summed E-state index contributed by atoms with van der Waals surface area (Å²) in [7, 11) is 0. The van der Waals surface area contributed by atoms with Crippen LogP contribution < -0.4 is 0 Å². The van der Waals surface area contributed by atoms with Gasteiger partial charge in [-0.25, -0.2) is 5.26 Å². The summed E-state index contributed by atoms with van der Waals surface area (Å²) in [6.45, 7) is -1.04. The number of hydrogen-bond donors (Lipinski definition) is 9. The molecule has 0 saturated carbocycles. The lowest BCUT2D eigenvalue weighted by molar-refractivity contribution is -0.553. The van der Waals surface area contributed by atoms with E-state index in [0.29, 0.717) is 0 Å². The van der Waals surface area contributed by atoms with Crippen LogP contribution >= 0.6 is 0 Å². The summed E-state index contributed by atoms with van der Waals surface area (Å²) in [5, 5.41) is 78.7. The minimum Gasteiger partial charge on any atom is -0.394 e. The molecular formula is C6H14O10. The molecule has 0 radical (unpaired) electrons. The van der Waals surface area contributed by atoms with E-state index in [2.05, 4.69) is 4.89 Å². The molecule has 0 aliphatic carbocycles. The molecule has 0 aliphatic rings. The van der Waals surface area contributed by atoms with Crippen molar-refractivity contribution >= 4 is 0 Å². The molecule has 3 atom stereocenters. The Morgan fingerprint density at radius 2 is 1.44 bits per heavy atom. The first-order valence-electron chi connectivity index (χ1n) is 3.99. The lowest BCUT2D eigenvalue weighted by Gasteiger charge is -2.37. The van der Waals surface area contributed by atoms with Gasteiger partial charge in [-0.1, -0.05) is 0 Å². The Kier molecular flexibility index (Phi) is 5.15. The molecule has 0 fully saturated rings. The maximum absolute atomic E-state index is 9.08. The summed E-state index contributed by atoms with van der Waals surface area (Å²) in [5.74, 6) is -7.93. The molecule has 98 valence electrons. The standard InChI is InChI=1S/C6H14O10/c7-1-2(8)3(9)4(10)5(11,12)6(13,14)16-15/h2-4,7-15H,1H2. The van der Waals surface area contributed by atoms with Gasteiger partial charge in [0.05, 0.1) is 6.61 Å². The van der Waals surface area contributed by atoms with Gasteiger partial charge in [0.1, 0.15) is 18.3 Å². The zero-order valence-corrected chi connectivity index (χ0v) is 7.87. The lowest BCUT2D eigenvalue weighted by Crippen LogP contribution is -2.66. The van der Waals surface area contributed by atoms with E-state index in [1.54, 1.807) is 0 Å². The summed E-state index contributed by atoms with van der Waals surface area (Å²) >= 11 is 0. The Morgan fingerprint density at radius 3 is 1.75 bits per heavy atom. The van der Waals surface area contributed by atoms with Crippen LogP contribution in [0.4, 0.5) is 0 Å². The largest absolute Gasteiger partial charge is 0.394 e. The summed E-state index contributed by atoms with van der Waals surface area (Å²) < 4.78 is 0. The average molecular weight is 246 g/mol. The highest BCUT2D eigenvalue weighted by Crippen LogP contribution is 2.24. The fourth-order valence-corrected chi connectivity index (χ4v) is 0.816. The predicted molar refractivity (Wildman–Crippen MR) is 43.2 cm³/mol. The van der Waals surface area contributed by atoms with E-state index >= 15 is 0 Å². The second-order valence-electron chi connectivity index (χ2n) is 3.11. The molecule has 0 aromatic carbocycles. The molecule has 0 amide bonds. The minimum atomic E-state index is -4.01. The Balaban J connectivity index is 4.88. The predicted octanol–water partition coefficient (Wildman–Crippen LogP) is -5.13. The van der Waals surface area contributed by atoms with Gasteiger partial charge in [0.2, 0.25) is 0 Å². The van der Waals surface area contributed by atoms with Crippen LogP contribution in [-0.4, -0.2) is 82.8 Å². The maximum atomic E-state index is 9.08. The summed E-state index contributed by atoms with van der Waals surface area (Å²) in [4.78, 5) is 2.88. The Labute approximate surface area is 88.8 Å². The van der Waals surface area contributed by atoms with E-state index < -0.39 is 36.7 Å². The molecule has 0 heterocycles. The van der Waals surface area contributed by atoms with E-state index in [9.17, 15) is 0 Å². The Bertz CT molecular complexity index is 215. The second-order valence-corrected chi connectivity index (χ2v) is 3.11. The van der Waals surface area contributed by atoms with Crippen molar-refractivity contribution < 1.29 is 51.0 Å². The fraction of sp³-hybridized carbons (Fsp3) is 1.00. The first-order valence-corrected chi connectivity index (χ1v) is 3.99. The maximum Gasteiger partial charge on any atom is 0.365 e. The van der Waals surface area contributed by atoms with E-state index in [1.165, 1.54) is 0 Å². The van der Waals surface area contributed by atoms with Crippen LogP contribution in [0.2, 0.25) is 0 Å². The van der Waals surface area contributed by atoms with E-state index in [0.717, 1.165) is 0 Å². The molecule has 10 nitrogen and oxygen atoms in total. The van der Waals surface area contributed by atoms with Gasteiger partial charge < -0.3 is 40.9 Å². The van der Waals surface area contributed by atoms with Crippen molar-refractivity contribution in [2.75, 3.05) is 6.61 Å². The SMILES string of the molecule is OCC(O)C(O)C(O)C(O)(O)C(O)(O)OO. The third-order valence-corrected chi connectivity index (χ3v) is 1.92. The van der Waals surface area contributed by atoms with Gasteiger partial charge in [-0.3, -0.25) is 0 Å². The highest BCUT2D eigenvalue weighted by atomic mass is 17.2. The molecule has 0 rings (SSSR count). The first kappa shape index (κ1) is 15.6. The van der Waals surface area contributed by atoms with Crippen LogP contribution in [0.5, 0.6) is 0 Å². The summed E-state index contributed by atoms with van der Waals surface area (Å²) in [5.41, 5.74) is 0. The molecule has 0 aromatic rings. The molecule has 9 N–H and O–H groups in total. The molecule has 0 bridgehead atoms. The van der Waals surface area contributed by atoms with Gasteiger partial charge in [0.15, 0.2) is 0 Å². The Morgan fingerprint density at radius 1 is 1.00 bits per heavy atom. The van der Waals surface area contributed by atoms with Gasteiger partial charge in [0.25, 0.3) is 5.79 Å². The van der Waals surface area contributed by atoms with Crippen LogP contribution in [0.25, 0.3) is 0 Å². The van der Waals surface area contributed by atoms with E-state index in [4.69, 9.17) is 46.1 Å². The number of rotatable bonds is 6. The highest BCUT2D eigenvalue weighted by molar-refractivity contribution is 4.89. The number of aliphatic hydroxyl groups excluding tert-OH is 4. The van der Waals surface area contributed by atoms with Crippen LogP contribution in [-0.2, 0) is 4.89 Å². The monoisotopic (exact) mass is 246 g/mol. The minimum absolute atomic E-state index is 1.04. The third-order valence-electron chi connectivity index (χ3n) is 1.92. The first-order chi connectivity index (χ1) is 7.11. The van der Waals surface area contributed by atoms with Crippen molar-refractivity contribution in [3.63, 3.8) is 0 Å². The second kappa shape index (κ2) is 5.29. The van der Waals surface area contributed by atoms with Crippen molar-refractivity contribution in [2.45, 2.75) is 30.1 Å². The van der Waals surface area contributed by atoms with Gasteiger partial charge in [-0.05, 0) is 0 Å². The number of aliphatic hydroxyl groups is 8. The molecule has 0 saturated heterocycles. The highest BCUT2D eigenvalue weighted by Gasteiger charge is 2.58. The molecule has 0 aromatic heterocycles. The van der Waals surface area contributed by atoms with Crippen molar-refractivity contribution in [1.82, 2.24) is 0 Å². The van der Waals surface area contributed by atoms with Gasteiger partial charge >= 0.3 is 5.97 Å². The fourth-order valence-electron chi connectivity index (χ4n) is 0.816. The van der Waals surface area contributed by atoms with E-state index in [-0.39, 0.29) is 0 Å². The zero-order chi connectivity index (χ0) is 13.1. The van der Waals surface area contributed by atoms with Crippen LogP contribution in [0, 0.1) is 0 Å². The van der Waals surface area contributed by atoms with Crippen LogP contribution in [0.3, 0.4) is 0 Å². The van der Waals surface area contributed by atoms with Crippen LogP contribution in [0.1, 0.15) is 0 Å². The number of hydrogen-bond acceptors (Lipinski definition) is 10.